The van der Waals surface area contributed by atoms with Gasteiger partial charge in [-0.15, -0.1) is 0 Å². The van der Waals surface area contributed by atoms with Crippen LogP contribution >= 0.6 is 23.2 Å². The second-order valence-electron chi connectivity index (χ2n) is 8.92. The maximum absolute atomic E-state index is 12.6. The van der Waals surface area contributed by atoms with Crippen molar-refractivity contribution in [1.82, 2.24) is 19.9 Å². The van der Waals surface area contributed by atoms with E-state index in [0.29, 0.717) is 18.0 Å². The smallest absolute Gasteiger partial charge is 0.264 e. The van der Waals surface area contributed by atoms with Crippen LogP contribution in [0.1, 0.15) is 36.8 Å². The van der Waals surface area contributed by atoms with E-state index in [2.05, 4.69) is 44.0 Å². The second-order valence-corrected chi connectivity index (χ2v) is 11.4. The Kier molecular flexibility index (Phi) is 8.46. The topological polar surface area (TPSA) is 100 Å². The van der Waals surface area contributed by atoms with E-state index < -0.39 is 10.0 Å². The standard InChI is InChI=1S/C25H28Cl2N6O2S/c1-33(2)20-11-9-19(10-12-20)31-25-29-15-18(16-30-25)7-6-17-8-13-23(28-14-17)32-36(34,35)22-5-3-4-21(26)24(22)27/h3-8,13-16,19-20H,9-12H2,1-2H3,(H,28,32)(H,29,30,31)/b7-6+. The summed E-state index contributed by atoms with van der Waals surface area (Å²) < 4.78 is 27.7. The summed E-state index contributed by atoms with van der Waals surface area (Å²) in [5.74, 6) is 0.806. The number of sulfonamides is 1. The molecule has 0 unspecified atom stereocenters. The van der Waals surface area contributed by atoms with E-state index in [-0.39, 0.29) is 20.8 Å². The van der Waals surface area contributed by atoms with Crippen molar-refractivity contribution in [2.45, 2.75) is 42.7 Å². The highest BCUT2D eigenvalue weighted by Crippen LogP contribution is 2.30. The average molecular weight is 548 g/mol. The molecule has 0 aliphatic heterocycles. The SMILES string of the molecule is CN(C)C1CCC(Nc2ncc(/C=C/c3ccc(NS(=O)(=O)c4cccc(Cl)c4Cl)nc3)cn2)CC1. The van der Waals surface area contributed by atoms with Crippen molar-refractivity contribution in [3.05, 3.63) is 70.1 Å². The molecule has 1 saturated carbocycles. The van der Waals surface area contributed by atoms with E-state index in [4.69, 9.17) is 23.2 Å². The Hall–Kier alpha value is -2.72. The first kappa shape index (κ1) is 26.3. The van der Waals surface area contributed by atoms with Crippen LogP contribution < -0.4 is 10.0 Å². The molecule has 1 aromatic carbocycles. The van der Waals surface area contributed by atoms with Gasteiger partial charge < -0.3 is 10.2 Å². The normalized spacial score (nSPS) is 18.5. The summed E-state index contributed by atoms with van der Waals surface area (Å²) >= 11 is 12.0. The van der Waals surface area contributed by atoms with Crippen molar-refractivity contribution in [2.24, 2.45) is 0 Å². The first-order chi connectivity index (χ1) is 17.2. The molecule has 2 heterocycles. The Morgan fingerprint density at radius 2 is 1.58 bits per heavy atom. The molecule has 0 amide bonds. The van der Waals surface area contributed by atoms with Gasteiger partial charge in [0.15, 0.2) is 0 Å². The Morgan fingerprint density at radius 3 is 2.22 bits per heavy atom. The number of benzene rings is 1. The van der Waals surface area contributed by atoms with Crippen LogP contribution in [0.25, 0.3) is 12.2 Å². The molecule has 1 aliphatic rings. The second kappa shape index (κ2) is 11.6. The number of aromatic nitrogens is 3. The van der Waals surface area contributed by atoms with E-state index in [1.165, 1.54) is 31.0 Å². The number of halogens is 2. The van der Waals surface area contributed by atoms with Crippen LogP contribution in [-0.4, -0.2) is 54.4 Å². The highest BCUT2D eigenvalue weighted by Gasteiger charge is 2.23. The summed E-state index contributed by atoms with van der Waals surface area (Å²) in [6.07, 6.45) is 13.4. The van der Waals surface area contributed by atoms with Gasteiger partial charge in [0.25, 0.3) is 10.0 Å². The monoisotopic (exact) mass is 546 g/mol. The van der Waals surface area contributed by atoms with Gasteiger partial charge in [-0.05, 0) is 69.6 Å². The molecule has 0 spiro atoms. The third kappa shape index (κ3) is 6.73. The van der Waals surface area contributed by atoms with Crippen LogP contribution in [0.3, 0.4) is 0 Å². The van der Waals surface area contributed by atoms with Crippen molar-refractivity contribution < 1.29 is 8.42 Å². The van der Waals surface area contributed by atoms with Gasteiger partial charge in [0.05, 0.1) is 10.0 Å². The number of hydrogen-bond acceptors (Lipinski definition) is 7. The average Bonchev–Trinajstić information content (AvgIpc) is 2.86. The fraction of sp³-hybridized carbons (Fsp3) is 0.320. The largest absolute Gasteiger partial charge is 0.351 e. The first-order valence-electron chi connectivity index (χ1n) is 11.6. The lowest BCUT2D eigenvalue weighted by Gasteiger charge is -2.32. The minimum atomic E-state index is -3.93. The number of pyridine rings is 1. The van der Waals surface area contributed by atoms with E-state index >= 15 is 0 Å². The van der Waals surface area contributed by atoms with E-state index in [9.17, 15) is 8.42 Å². The molecule has 36 heavy (non-hydrogen) atoms. The van der Waals surface area contributed by atoms with Crippen LogP contribution in [0.4, 0.5) is 11.8 Å². The molecule has 8 nitrogen and oxygen atoms in total. The van der Waals surface area contributed by atoms with Crippen molar-refractivity contribution in [3.8, 4) is 0 Å². The minimum absolute atomic E-state index is 0.0358. The summed E-state index contributed by atoms with van der Waals surface area (Å²) in [5, 5.41) is 3.56. The Labute approximate surface area is 221 Å². The molecular formula is C25H28Cl2N6O2S. The molecular weight excluding hydrogens is 519 g/mol. The Bertz CT molecular complexity index is 1310. The first-order valence-corrected chi connectivity index (χ1v) is 13.8. The van der Waals surface area contributed by atoms with Crippen molar-refractivity contribution in [1.29, 1.82) is 0 Å². The highest BCUT2D eigenvalue weighted by atomic mass is 35.5. The maximum Gasteiger partial charge on any atom is 0.264 e. The van der Waals surface area contributed by atoms with Crippen LogP contribution in [0.2, 0.25) is 10.0 Å². The van der Waals surface area contributed by atoms with Crippen molar-refractivity contribution in [2.75, 3.05) is 24.1 Å². The van der Waals surface area contributed by atoms with Gasteiger partial charge in [-0.1, -0.05) is 41.4 Å². The molecule has 0 bridgehead atoms. The van der Waals surface area contributed by atoms with Crippen molar-refractivity contribution >= 4 is 57.1 Å². The van der Waals surface area contributed by atoms with E-state index in [1.807, 2.05) is 12.2 Å². The molecule has 4 rings (SSSR count). The van der Waals surface area contributed by atoms with Gasteiger partial charge >= 0.3 is 0 Å². The van der Waals surface area contributed by atoms with Crippen molar-refractivity contribution in [3.63, 3.8) is 0 Å². The van der Waals surface area contributed by atoms with Gasteiger partial charge in [0.2, 0.25) is 5.95 Å². The lowest BCUT2D eigenvalue weighted by Crippen LogP contribution is -2.36. The fourth-order valence-electron chi connectivity index (χ4n) is 4.06. The lowest BCUT2D eigenvalue weighted by molar-refractivity contribution is 0.221. The molecule has 11 heteroatoms. The van der Waals surface area contributed by atoms with Gasteiger partial charge in [0, 0.05) is 36.2 Å². The quantitative estimate of drug-likeness (QED) is 0.388. The molecule has 0 atom stereocenters. The van der Waals surface area contributed by atoms with Crippen LogP contribution in [0.5, 0.6) is 0 Å². The van der Waals surface area contributed by atoms with Crippen LogP contribution in [-0.2, 0) is 10.0 Å². The van der Waals surface area contributed by atoms with Gasteiger partial charge in [-0.2, -0.15) is 0 Å². The molecule has 3 aromatic rings. The van der Waals surface area contributed by atoms with Gasteiger partial charge in [-0.25, -0.2) is 23.4 Å². The Morgan fingerprint density at radius 1 is 0.917 bits per heavy atom. The predicted molar refractivity (Wildman–Crippen MR) is 146 cm³/mol. The van der Waals surface area contributed by atoms with E-state index in [0.717, 1.165) is 24.0 Å². The zero-order chi connectivity index (χ0) is 25.7. The predicted octanol–water partition coefficient (Wildman–Crippen LogP) is 5.43. The van der Waals surface area contributed by atoms with Crippen LogP contribution in [0.15, 0.2) is 53.8 Å². The number of nitrogens with one attached hydrogen (secondary N) is 2. The summed E-state index contributed by atoms with van der Waals surface area (Å²) in [6.45, 7) is 0. The third-order valence-electron chi connectivity index (χ3n) is 6.13. The molecule has 0 saturated heterocycles. The molecule has 1 fully saturated rings. The summed E-state index contributed by atoms with van der Waals surface area (Å²) in [4.78, 5) is 15.3. The number of anilines is 2. The lowest BCUT2D eigenvalue weighted by atomic mass is 9.91. The zero-order valence-electron chi connectivity index (χ0n) is 20.0. The number of hydrogen-bond donors (Lipinski definition) is 2. The molecule has 0 radical (unpaired) electrons. The van der Waals surface area contributed by atoms with Crippen LogP contribution in [0, 0.1) is 0 Å². The highest BCUT2D eigenvalue weighted by molar-refractivity contribution is 7.92. The zero-order valence-corrected chi connectivity index (χ0v) is 22.4. The third-order valence-corrected chi connectivity index (χ3v) is 8.46. The van der Waals surface area contributed by atoms with Gasteiger partial charge in [-0.3, -0.25) is 4.72 Å². The summed E-state index contributed by atoms with van der Waals surface area (Å²) in [7, 11) is 0.347. The van der Waals surface area contributed by atoms with E-state index in [1.54, 1.807) is 30.7 Å². The Balaban J connectivity index is 1.33. The maximum atomic E-state index is 12.6. The molecule has 2 aromatic heterocycles. The molecule has 190 valence electrons. The number of nitrogens with zero attached hydrogens (tertiary/aromatic N) is 4. The molecule has 1 aliphatic carbocycles. The summed E-state index contributed by atoms with van der Waals surface area (Å²) in [5.41, 5.74) is 1.64. The minimum Gasteiger partial charge on any atom is -0.351 e. The van der Waals surface area contributed by atoms with Gasteiger partial charge in [0.1, 0.15) is 10.7 Å². The fourth-order valence-corrected chi connectivity index (χ4v) is 5.83. The molecule has 2 N–H and O–H groups in total. The summed E-state index contributed by atoms with van der Waals surface area (Å²) in [6, 6.07) is 8.81. The number of rotatable bonds is 8.